The van der Waals surface area contributed by atoms with E-state index in [2.05, 4.69) is 10.4 Å². The van der Waals surface area contributed by atoms with E-state index in [0.717, 1.165) is 33.5 Å². The fourth-order valence-electron chi connectivity index (χ4n) is 3.80. The van der Waals surface area contributed by atoms with E-state index in [-0.39, 0.29) is 27.8 Å². The van der Waals surface area contributed by atoms with Crippen LogP contribution >= 0.6 is 0 Å². The van der Waals surface area contributed by atoms with Crippen molar-refractivity contribution in [1.29, 1.82) is 0 Å². The number of esters is 1. The van der Waals surface area contributed by atoms with Gasteiger partial charge in [0.2, 0.25) is 5.28 Å². The van der Waals surface area contributed by atoms with E-state index in [1.807, 2.05) is 6.92 Å². The Balaban J connectivity index is 1.64. The van der Waals surface area contributed by atoms with Gasteiger partial charge < -0.3 is 19.5 Å². The lowest BCUT2D eigenvalue weighted by Gasteiger charge is -2.21. The van der Waals surface area contributed by atoms with Crippen LogP contribution in [-0.2, 0) is 35.3 Å². The fourth-order valence-corrected chi connectivity index (χ4v) is 4.69. The zero-order chi connectivity index (χ0) is 35.2. The highest BCUT2D eigenvalue weighted by molar-refractivity contribution is 7.90. The van der Waals surface area contributed by atoms with Gasteiger partial charge in [0.05, 0.1) is 32.7 Å². The van der Waals surface area contributed by atoms with Gasteiger partial charge in [-0.3, -0.25) is 4.79 Å². The number of carbonyl (C=O) groups is 2. The SMILES string of the molecule is Cc1ccc(-c2cc(C(F)(F)F)nn2-c2ccc(S(=O)(=O)NC(=O)OCCN(C(C)C)[N+]([O-])=NOCOC(=O)C(C)(C)C)cc2)cc1. The summed E-state index contributed by atoms with van der Waals surface area (Å²) < 4.78 is 78.6. The molecule has 1 heterocycles. The molecular formula is C29H35F3N6O8S. The molecule has 0 spiro atoms. The summed E-state index contributed by atoms with van der Waals surface area (Å²) in [5.41, 5.74) is -0.290. The van der Waals surface area contributed by atoms with Crippen molar-refractivity contribution in [2.75, 3.05) is 19.9 Å². The minimum Gasteiger partial charge on any atom is -0.569 e. The van der Waals surface area contributed by atoms with Crippen LogP contribution in [0.2, 0.25) is 0 Å². The van der Waals surface area contributed by atoms with E-state index >= 15 is 0 Å². The Hall–Kier alpha value is -4.87. The molecule has 3 aromatic rings. The highest BCUT2D eigenvalue weighted by Crippen LogP contribution is 2.33. The summed E-state index contributed by atoms with van der Waals surface area (Å²) in [6.07, 6.45) is -6.07. The summed E-state index contributed by atoms with van der Waals surface area (Å²) in [4.78, 5) is 28.4. The predicted octanol–water partition coefficient (Wildman–Crippen LogP) is 5.35. The summed E-state index contributed by atoms with van der Waals surface area (Å²) in [7, 11) is -4.46. The van der Waals surface area contributed by atoms with Gasteiger partial charge in [-0.2, -0.15) is 18.3 Å². The Labute approximate surface area is 269 Å². The van der Waals surface area contributed by atoms with Crippen molar-refractivity contribution in [3.05, 3.63) is 71.1 Å². The quantitative estimate of drug-likeness (QED) is 0.0656. The van der Waals surface area contributed by atoms with Crippen molar-refractivity contribution in [3.63, 3.8) is 0 Å². The Morgan fingerprint density at radius 3 is 2.23 bits per heavy atom. The van der Waals surface area contributed by atoms with Crippen LogP contribution in [0.1, 0.15) is 45.9 Å². The van der Waals surface area contributed by atoms with Gasteiger partial charge in [-0.1, -0.05) is 29.8 Å². The smallest absolute Gasteiger partial charge is 0.435 e. The molecule has 0 radical (unpaired) electrons. The Morgan fingerprint density at radius 1 is 1.06 bits per heavy atom. The number of aromatic nitrogens is 2. The Morgan fingerprint density at radius 2 is 1.68 bits per heavy atom. The monoisotopic (exact) mass is 684 g/mol. The lowest BCUT2D eigenvalue weighted by atomic mass is 9.98. The molecule has 0 atom stereocenters. The zero-order valence-electron chi connectivity index (χ0n) is 26.4. The van der Waals surface area contributed by atoms with E-state index in [1.54, 1.807) is 63.6 Å². The molecule has 0 unspecified atom stereocenters. The van der Waals surface area contributed by atoms with Crippen LogP contribution in [0.15, 0.2) is 64.8 Å². The maximum absolute atomic E-state index is 13.5. The van der Waals surface area contributed by atoms with Gasteiger partial charge in [0.15, 0.2) is 5.69 Å². The van der Waals surface area contributed by atoms with Gasteiger partial charge in [-0.05, 0) is 71.9 Å². The van der Waals surface area contributed by atoms with E-state index in [4.69, 9.17) is 14.3 Å². The number of nitrogens with zero attached hydrogens (tertiary/aromatic N) is 5. The number of aryl methyl sites for hydroxylation is 1. The molecule has 14 nitrogen and oxygen atoms in total. The number of nitrogens with one attached hydrogen (secondary N) is 1. The van der Waals surface area contributed by atoms with Crippen LogP contribution in [0, 0.1) is 17.5 Å². The molecule has 47 heavy (non-hydrogen) atoms. The molecule has 0 saturated carbocycles. The number of hydrogen-bond donors (Lipinski definition) is 1. The van der Waals surface area contributed by atoms with E-state index in [1.165, 1.54) is 12.1 Å². The van der Waals surface area contributed by atoms with Crippen LogP contribution < -0.4 is 4.72 Å². The first-order chi connectivity index (χ1) is 21.8. The molecule has 2 aromatic carbocycles. The second-order valence-corrected chi connectivity index (χ2v) is 13.1. The van der Waals surface area contributed by atoms with Gasteiger partial charge in [0.25, 0.3) is 16.8 Å². The second kappa shape index (κ2) is 14.7. The van der Waals surface area contributed by atoms with Crippen molar-refractivity contribution in [2.45, 2.75) is 58.7 Å². The number of sulfonamides is 1. The zero-order valence-corrected chi connectivity index (χ0v) is 27.3. The first-order valence-electron chi connectivity index (χ1n) is 14.1. The highest BCUT2D eigenvalue weighted by Gasteiger charge is 2.35. The van der Waals surface area contributed by atoms with Crippen LogP contribution in [-0.4, -0.2) is 66.2 Å². The summed E-state index contributed by atoms with van der Waals surface area (Å²) in [5, 5.41) is 20.4. The number of halogens is 3. The summed E-state index contributed by atoms with van der Waals surface area (Å²) >= 11 is 0. The van der Waals surface area contributed by atoms with Crippen LogP contribution in [0.3, 0.4) is 0 Å². The third-order valence-electron chi connectivity index (χ3n) is 6.31. The molecule has 0 fully saturated rings. The number of benzene rings is 2. The van der Waals surface area contributed by atoms with Gasteiger partial charge in [-0.15, -0.1) is 5.01 Å². The van der Waals surface area contributed by atoms with Crippen LogP contribution in [0.4, 0.5) is 18.0 Å². The normalized spacial score (nSPS) is 12.5. The summed E-state index contributed by atoms with van der Waals surface area (Å²) in [6.45, 7) is 8.73. The van der Waals surface area contributed by atoms with E-state index in [9.17, 15) is 36.4 Å². The van der Waals surface area contributed by atoms with Crippen molar-refractivity contribution < 1.29 is 50.5 Å². The number of hydrazine groups is 1. The molecule has 1 N–H and O–H groups in total. The van der Waals surface area contributed by atoms with Gasteiger partial charge in [-0.25, -0.2) is 22.6 Å². The van der Waals surface area contributed by atoms with Crippen molar-refractivity contribution in [2.24, 2.45) is 10.7 Å². The summed E-state index contributed by atoms with van der Waals surface area (Å²) in [5.74, 6) is -0.569. The first kappa shape index (κ1) is 36.6. The molecule has 0 aliphatic carbocycles. The molecule has 0 bridgehead atoms. The van der Waals surface area contributed by atoms with Crippen LogP contribution in [0.5, 0.6) is 0 Å². The highest BCUT2D eigenvalue weighted by atomic mass is 32.2. The van der Waals surface area contributed by atoms with Crippen LogP contribution in [0.25, 0.3) is 16.9 Å². The maximum atomic E-state index is 13.5. The number of carbonyl (C=O) groups excluding carboxylic acids is 2. The average Bonchev–Trinajstić information content (AvgIpc) is 3.43. The molecular weight excluding hydrogens is 649 g/mol. The maximum Gasteiger partial charge on any atom is 0.435 e. The third kappa shape index (κ3) is 10.1. The predicted molar refractivity (Wildman–Crippen MR) is 160 cm³/mol. The van der Waals surface area contributed by atoms with Crippen molar-refractivity contribution >= 4 is 22.1 Å². The minimum atomic E-state index is -4.72. The fraction of sp³-hybridized carbons (Fsp3) is 0.414. The van der Waals surface area contributed by atoms with Gasteiger partial charge >= 0.3 is 18.2 Å². The second-order valence-electron chi connectivity index (χ2n) is 11.4. The van der Waals surface area contributed by atoms with Crippen molar-refractivity contribution in [1.82, 2.24) is 19.5 Å². The molecule has 3 rings (SSSR count). The number of amides is 1. The van der Waals surface area contributed by atoms with Gasteiger partial charge in [0, 0.05) is 5.56 Å². The minimum absolute atomic E-state index is 0.0661. The van der Waals surface area contributed by atoms with Crippen molar-refractivity contribution in [3.8, 4) is 16.9 Å². The summed E-state index contributed by atoms with van der Waals surface area (Å²) in [6, 6.07) is 11.8. The Kier molecular flexibility index (Phi) is 11.4. The van der Waals surface area contributed by atoms with E-state index in [0.29, 0.717) is 5.56 Å². The topological polar surface area (TPSA) is 167 Å². The molecule has 18 heteroatoms. The number of alkyl halides is 3. The molecule has 0 saturated heterocycles. The number of ether oxygens (including phenoxy) is 2. The number of rotatable bonds is 12. The third-order valence-corrected chi connectivity index (χ3v) is 7.64. The molecule has 1 aromatic heterocycles. The Bertz CT molecular complexity index is 1680. The lowest BCUT2D eigenvalue weighted by Crippen LogP contribution is -2.40. The average molecular weight is 685 g/mol. The lowest BCUT2D eigenvalue weighted by molar-refractivity contribution is -0.718. The molecule has 0 aliphatic rings. The molecule has 0 aliphatic heterocycles. The first-order valence-corrected chi connectivity index (χ1v) is 15.6. The number of hydrogen-bond acceptors (Lipinski definition) is 10. The largest absolute Gasteiger partial charge is 0.569 e. The van der Waals surface area contributed by atoms with Gasteiger partial charge in [0.1, 0.15) is 13.2 Å². The molecule has 256 valence electrons. The van der Waals surface area contributed by atoms with E-state index < -0.39 is 58.8 Å². The standard InChI is InChI=1S/C29H35F3N6O8S/c1-19(2)36(38(41)35-46-18-45-26(39)28(4,5)6)15-16-44-27(40)34-47(42,43)23-13-11-22(12-14-23)37-24(17-25(33-37)29(30,31)32)21-9-7-20(3)8-10-21/h7-14,17,19H,15-16,18H2,1-6H3,(H,34,40). The molecule has 1 amide bonds.